The Labute approximate surface area is 158 Å². The maximum absolute atomic E-state index is 12.3. The summed E-state index contributed by atoms with van der Waals surface area (Å²) in [5.41, 5.74) is 0.832. The van der Waals surface area contributed by atoms with Crippen molar-refractivity contribution in [2.24, 2.45) is 0 Å². The molecule has 1 heterocycles. The fourth-order valence-corrected chi connectivity index (χ4v) is 2.40. The van der Waals surface area contributed by atoms with Crippen LogP contribution in [0, 0.1) is 11.3 Å². The Morgan fingerprint density at radius 2 is 1.86 bits per heavy atom. The van der Waals surface area contributed by atoms with E-state index in [4.69, 9.17) is 15.7 Å². The minimum absolute atomic E-state index is 0.0243. The highest BCUT2D eigenvalue weighted by atomic mass is 32.2. The van der Waals surface area contributed by atoms with Crippen LogP contribution in [0.4, 0.5) is 30.4 Å². The highest BCUT2D eigenvalue weighted by Crippen LogP contribution is 2.30. The van der Waals surface area contributed by atoms with E-state index < -0.39 is 21.4 Å². The number of rotatable bonds is 6. The molecule has 0 radical (unpaired) electrons. The van der Waals surface area contributed by atoms with Gasteiger partial charge in [-0.05, 0) is 38.1 Å². The number of pyridine rings is 1. The Morgan fingerprint density at radius 3 is 2.36 bits per heavy atom. The van der Waals surface area contributed by atoms with Crippen molar-refractivity contribution >= 4 is 27.3 Å². The number of alkyl halides is 3. The lowest BCUT2D eigenvalue weighted by atomic mass is 10.2. The SMILES string of the molecule is CC(C)Oc1nc(Nc2ccc(OS(=O)(=O)C(F)(F)F)cc2)cc(N)c1C#N. The van der Waals surface area contributed by atoms with E-state index in [-0.39, 0.29) is 29.1 Å². The van der Waals surface area contributed by atoms with Crippen molar-refractivity contribution in [3.05, 3.63) is 35.9 Å². The number of halogens is 3. The lowest BCUT2D eigenvalue weighted by Crippen LogP contribution is -2.28. The quantitative estimate of drug-likeness (QED) is 0.542. The summed E-state index contributed by atoms with van der Waals surface area (Å²) in [4.78, 5) is 4.14. The summed E-state index contributed by atoms with van der Waals surface area (Å²) >= 11 is 0. The van der Waals surface area contributed by atoms with Crippen molar-refractivity contribution in [3.8, 4) is 17.7 Å². The van der Waals surface area contributed by atoms with Gasteiger partial charge in [0.25, 0.3) is 0 Å². The fourth-order valence-electron chi connectivity index (χ4n) is 1.94. The Bertz CT molecular complexity index is 1000. The first kappa shape index (κ1) is 21.1. The third-order valence-corrected chi connectivity index (χ3v) is 4.07. The van der Waals surface area contributed by atoms with Crippen LogP contribution in [-0.2, 0) is 10.1 Å². The average Bonchev–Trinajstić information content (AvgIpc) is 2.54. The number of nitrogens with one attached hydrogen (secondary N) is 1. The van der Waals surface area contributed by atoms with Gasteiger partial charge in [-0.25, -0.2) is 0 Å². The molecule has 1 aromatic heterocycles. The number of anilines is 3. The van der Waals surface area contributed by atoms with E-state index in [0.717, 1.165) is 12.1 Å². The Morgan fingerprint density at radius 1 is 1.25 bits per heavy atom. The molecule has 12 heteroatoms. The van der Waals surface area contributed by atoms with E-state index in [1.165, 1.54) is 18.2 Å². The molecule has 0 bridgehead atoms. The lowest BCUT2D eigenvalue weighted by molar-refractivity contribution is -0.0500. The van der Waals surface area contributed by atoms with Crippen molar-refractivity contribution in [2.45, 2.75) is 25.5 Å². The zero-order valence-corrected chi connectivity index (χ0v) is 15.4. The standard InChI is InChI=1S/C16H15F3N4O4S/c1-9(2)26-15-12(8-20)13(21)7-14(23-15)22-10-3-5-11(6-4-10)27-28(24,25)16(17,18)19/h3-7,9H,1-2H3,(H3,21,22,23). The topological polar surface area (TPSA) is 127 Å². The van der Waals surface area contributed by atoms with Gasteiger partial charge in [0.1, 0.15) is 23.2 Å². The largest absolute Gasteiger partial charge is 0.534 e. The summed E-state index contributed by atoms with van der Waals surface area (Å²) in [5.74, 6) is -0.279. The van der Waals surface area contributed by atoms with Gasteiger partial charge < -0.3 is 20.0 Å². The van der Waals surface area contributed by atoms with Gasteiger partial charge >= 0.3 is 15.6 Å². The Balaban J connectivity index is 2.23. The predicted octanol–water partition coefficient (Wildman–Crippen LogP) is 3.29. The molecule has 1 aromatic carbocycles. The highest BCUT2D eigenvalue weighted by molar-refractivity contribution is 7.88. The van der Waals surface area contributed by atoms with Crippen LogP contribution in [0.25, 0.3) is 0 Å². The van der Waals surface area contributed by atoms with Gasteiger partial charge in [0.2, 0.25) is 5.88 Å². The van der Waals surface area contributed by atoms with E-state index in [1.54, 1.807) is 13.8 Å². The Hall–Kier alpha value is -3.20. The maximum Gasteiger partial charge on any atom is 0.534 e. The first-order chi connectivity index (χ1) is 12.9. The van der Waals surface area contributed by atoms with Crippen LogP contribution in [0.2, 0.25) is 0 Å². The van der Waals surface area contributed by atoms with Crippen molar-refractivity contribution in [3.63, 3.8) is 0 Å². The monoisotopic (exact) mass is 416 g/mol. The van der Waals surface area contributed by atoms with Crippen LogP contribution < -0.4 is 20.0 Å². The number of nitrogens with zero attached hydrogens (tertiary/aromatic N) is 2. The van der Waals surface area contributed by atoms with Gasteiger partial charge in [-0.1, -0.05) is 0 Å². The zero-order chi connectivity index (χ0) is 21.1. The van der Waals surface area contributed by atoms with Crippen molar-refractivity contribution in [1.29, 1.82) is 5.26 Å². The summed E-state index contributed by atoms with van der Waals surface area (Å²) in [5, 5.41) is 12.0. The molecule has 3 N–H and O–H groups in total. The number of nitriles is 1. The summed E-state index contributed by atoms with van der Waals surface area (Å²) < 4.78 is 68.5. The third kappa shape index (κ3) is 4.95. The molecule has 0 aliphatic rings. The molecule has 28 heavy (non-hydrogen) atoms. The minimum Gasteiger partial charge on any atom is -0.474 e. The molecule has 2 aromatic rings. The molecule has 0 saturated heterocycles. The molecule has 0 atom stereocenters. The number of benzene rings is 1. The number of hydrogen-bond donors (Lipinski definition) is 2. The number of nitrogen functional groups attached to an aromatic ring is 1. The van der Waals surface area contributed by atoms with Crippen LogP contribution in [0.5, 0.6) is 11.6 Å². The van der Waals surface area contributed by atoms with Crippen molar-refractivity contribution in [1.82, 2.24) is 4.98 Å². The van der Waals surface area contributed by atoms with E-state index >= 15 is 0 Å². The number of hydrogen-bond acceptors (Lipinski definition) is 8. The highest BCUT2D eigenvalue weighted by Gasteiger charge is 2.48. The van der Waals surface area contributed by atoms with Gasteiger partial charge in [-0.3, -0.25) is 0 Å². The summed E-state index contributed by atoms with van der Waals surface area (Å²) in [6.45, 7) is 3.49. The molecule has 0 fully saturated rings. The van der Waals surface area contributed by atoms with E-state index in [9.17, 15) is 21.6 Å². The van der Waals surface area contributed by atoms with Crippen LogP contribution in [0.1, 0.15) is 19.4 Å². The molecule has 0 aliphatic carbocycles. The van der Waals surface area contributed by atoms with Crippen LogP contribution in [0.15, 0.2) is 30.3 Å². The first-order valence-corrected chi connectivity index (χ1v) is 9.09. The van der Waals surface area contributed by atoms with E-state index in [2.05, 4.69) is 14.5 Å². The van der Waals surface area contributed by atoms with E-state index in [0.29, 0.717) is 5.69 Å². The van der Waals surface area contributed by atoms with Gasteiger partial charge in [0.05, 0.1) is 11.8 Å². The van der Waals surface area contributed by atoms with Gasteiger partial charge in [0, 0.05) is 11.8 Å². The molecule has 0 aliphatic heterocycles. The third-order valence-electron chi connectivity index (χ3n) is 3.09. The second-order valence-corrected chi connectivity index (χ2v) is 7.23. The molecule has 0 unspecified atom stereocenters. The first-order valence-electron chi connectivity index (χ1n) is 7.68. The molecule has 2 rings (SSSR count). The molecule has 0 amide bonds. The smallest absolute Gasteiger partial charge is 0.474 e. The molecule has 150 valence electrons. The summed E-state index contributed by atoms with van der Waals surface area (Å²) in [7, 11) is -5.75. The van der Waals surface area contributed by atoms with Gasteiger partial charge in [-0.15, -0.1) is 0 Å². The minimum atomic E-state index is -5.75. The second-order valence-electron chi connectivity index (χ2n) is 5.69. The van der Waals surface area contributed by atoms with E-state index in [1.807, 2.05) is 6.07 Å². The Kier molecular flexibility index (Phi) is 5.89. The van der Waals surface area contributed by atoms with Crippen LogP contribution >= 0.6 is 0 Å². The van der Waals surface area contributed by atoms with Crippen LogP contribution in [-0.4, -0.2) is 25.0 Å². The number of aromatic nitrogens is 1. The van der Waals surface area contributed by atoms with Crippen molar-refractivity contribution < 1.29 is 30.5 Å². The van der Waals surface area contributed by atoms with Crippen molar-refractivity contribution in [2.75, 3.05) is 11.1 Å². The number of nitrogens with two attached hydrogens (primary N) is 1. The van der Waals surface area contributed by atoms with Gasteiger partial charge in [0.15, 0.2) is 0 Å². The molecular weight excluding hydrogens is 401 g/mol. The predicted molar refractivity (Wildman–Crippen MR) is 94.5 cm³/mol. The van der Waals surface area contributed by atoms with Gasteiger partial charge in [-0.2, -0.15) is 31.8 Å². The molecule has 0 saturated carbocycles. The fraction of sp³-hybridized carbons (Fsp3) is 0.250. The number of ether oxygens (including phenoxy) is 1. The molecule has 8 nitrogen and oxygen atoms in total. The maximum atomic E-state index is 12.3. The molecular formula is C16H15F3N4O4S. The van der Waals surface area contributed by atoms with Crippen LogP contribution in [0.3, 0.4) is 0 Å². The normalized spacial score (nSPS) is 11.8. The average molecular weight is 416 g/mol. The molecule has 0 spiro atoms. The second kappa shape index (κ2) is 7.81. The lowest BCUT2D eigenvalue weighted by Gasteiger charge is -2.14. The summed E-state index contributed by atoms with van der Waals surface area (Å²) in [6.07, 6.45) is -0.263. The zero-order valence-electron chi connectivity index (χ0n) is 14.6. The summed E-state index contributed by atoms with van der Waals surface area (Å²) in [6, 6.07) is 7.90.